The second-order valence-electron chi connectivity index (χ2n) is 3.65. The van der Waals surface area contributed by atoms with Gasteiger partial charge in [-0.05, 0) is 30.3 Å². The molecule has 9 heteroatoms. The number of aromatic carboxylic acids is 1. The van der Waals surface area contributed by atoms with E-state index in [4.69, 9.17) is 5.11 Å². The number of anilines is 1. The van der Waals surface area contributed by atoms with Crippen LogP contribution in [0, 0.1) is 5.82 Å². The topological polar surface area (TPSA) is 83.5 Å². The van der Waals surface area contributed by atoms with Gasteiger partial charge in [-0.3, -0.25) is 4.72 Å². The molecule has 1 aromatic heterocycles. The molecule has 2 aromatic rings. The zero-order valence-electron chi connectivity index (χ0n) is 9.63. The van der Waals surface area contributed by atoms with Gasteiger partial charge in [-0.1, -0.05) is 15.9 Å². The Morgan fingerprint density at radius 3 is 2.55 bits per heavy atom. The van der Waals surface area contributed by atoms with Gasteiger partial charge in [0.05, 0.1) is 5.69 Å². The summed E-state index contributed by atoms with van der Waals surface area (Å²) in [7, 11) is -4.01. The monoisotopic (exact) mass is 379 g/mol. The molecule has 2 N–H and O–H groups in total. The maximum Gasteiger partial charge on any atom is 0.345 e. The molecule has 0 saturated heterocycles. The Morgan fingerprint density at radius 1 is 1.30 bits per heavy atom. The van der Waals surface area contributed by atoms with Crippen LogP contribution in [-0.2, 0) is 10.0 Å². The lowest BCUT2D eigenvalue weighted by molar-refractivity contribution is 0.0702. The summed E-state index contributed by atoms with van der Waals surface area (Å²) in [5.74, 6) is -1.95. The minimum atomic E-state index is -4.01. The predicted molar refractivity (Wildman–Crippen MR) is 76.2 cm³/mol. The van der Waals surface area contributed by atoms with Gasteiger partial charge in [0.25, 0.3) is 10.0 Å². The molecule has 1 heterocycles. The van der Waals surface area contributed by atoms with Gasteiger partial charge in [0, 0.05) is 4.47 Å². The molecule has 0 amide bonds. The lowest BCUT2D eigenvalue weighted by Crippen LogP contribution is -2.12. The SMILES string of the molecule is O=C(O)c1ccc(S(=O)(=O)Nc2ccc(Br)cc2F)s1. The molecule has 0 aliphatic rings. The first kappa shape index (κ1) is 14.9. The van der Waals surface area contributed by atoms with E-state index in [0.717, 1.165) is 12.1 Å². The third-order valence-electron chi connectivity index (χ3n) is 2.23. The highest BCUT2D eigenvalue weighted by molar-refractivity contribution is 9.10. The Bertz CT molecular complexity index is 772. The standard InChI is InChI=1S/C11H7BrFNO4S2/c12-6-1-2-8(7(13)5-6)14-20(17,18)10-4-3-9(19-10)11(15)16/h1-5,14H,(H,15,16). The average Bonchev–Trinajstić information content (AvgIpc) is 2.83. The second kappa shape index (κ2) is 5.51. The molecule has 0 spiro atoms. The summed E-state index contributed by atoms with van der Waals surface area (Å²) in [6.07, 6.45) is 0. The van der Waals surface area contributed by atoms with Crippen molar-refractivity contribution in [3.8, 4) is 0 Å². The molecule has 0 bridgehead atoms. The Hall–Kier alpha value is -1.45. The molecule has 2 rings (SSSR count). The van der Waals surface area contributed by atoms with Crippen molar-refractivity contribution < 1.29 is 22.7 Å². The van der Waals surface area contributed by atoms with E-state index < -0.39 is 21.8 Å². The van der Waals surface area contributed by atoms with Gasteiger partial charge in [0.1, 0.15) is 14.9 Å². The average molecular weight is 380 g/mol. The van der Waals surface area contributed by atoms with E-state index in [0.29, 0.717) is 15.8 Å². The van der Waals surface area contributed by atoms with E-state index in [9.17, 15) is 17.6 Å². The summed E-state index contributed by atoms with van der Waals surface area (Å²) in [5, 5.41) is 8.76. The molecular weight excluding hydrogens is 373 g/mol. The number of hydrogen-bond donors (Lipinski definition) is 2. The fraction of sp³-hybridized carbons (Fsp3) is 0. The van der Waals surface area contributed by atoms with Crippen LogP contribution in [0.1, 0.15) is 9.67 Å². The van der Waals surface area contributed by atoms with Gasteiger partial charge in [0.15, 0.2) is 0 Å². The molecule has 5 nitrogen and oxygen atoms in total. The number of carboxylic acid groups (broad SMARTS) is 1. The normalized spacial score (nSPS) is 11.3. The third kappa shape index (κ3) is 3.17. The van der Waals surface area contributed by atoms with Crippen LogP contribution in [0.25, 0.3) is 0 Å². The Labute approximate surface area is 126 Å². The fourth-order valence-corrected chi connectivity index (χ4v) is 3.89. The summed E-state index contributed by atoms with van der Waals surface area (Å²) in [4.78, 5) is 10.6. The van der Waals surface area contributed by atoms with E-state index in [1.54, 1.807) is 0 Å². The van der Waals surface area contributed by atoms with Gasteiger partial charge < -0.3 is 5.11 Å². The number of hydrogen-bond acceptors (Lipinski definition) is 4. The van der Waals surface area contributed by atoms with Crippen LogP contribution in [0.4, 0.5) is 10.1 Å². The molecule has 0 fully saturated rings. The van der Waals surface area contributed by atoms with Crippen molar-refractivity contribution in [1.82, 2.24) is 0 Å². The summed E-state index contributed by atoms with van der Waals surface area (Å²) < 4.78 is 39.9. The summed E-state index contributed by atoms with van der Waals surface area (Å²) in [6, 6.07) is 6.21. The summed E-state index contributed by atoms with van der Waals surface area (Å²) >= 11 is 3.65. The van der Waals surface area contributed by atoms with Gasteiger partial charge in [-0.15, -0.1) is 11.3 Å². The highest BCUT2D eigenvalue weighted by Crippen LogP contribution is 2.26. The minimum Gasteiger partial charge on any atom is -0.477 e. The van der Waals surface area contributed by atoms with Crippen molar-refractivity contribution in [2.45, 2.75) is 4.21 Å². The van der Waals surface area contributed by atoms with E-state index in [1.165, 1.54) is 18.2 Å². The van der Waals surface area contributed by atoms with Crippen molar-refractivity contribution in [3.05, 3.63) is 45.5 Å². The highest BCUT2D eigenvalue weighted by atomic mass is 79.9. The van der Waals surface area contributed by atoms with Crippen LogP contribution < -0.4 is 4.72 Å². The molecule has 1 aromatic carbocycles. The van der Waals surface area contributed by atoms with Crippen LogP contribution >= 0.6 is 27.3 Å². The number of sulfonamides is 1. The highest BCUT2D eigenvalue weighted by Gasteiger charge is 2.20. The smallest absolute Gasteiger partial charge is 0.345 e. The lowest BCUT2D eigenvalue weighted by atomic mass is 10.3. The Morgan fingerprint density at radius 2 is 2.00 bits per heavy atom. The molecule has 0 unspecified atom stereocenters. The van der Waals surface area contributed by atoms with Crippen molar-refractivity contribution in [2.75, 3.05) is 4.72 Å². The number of rotatable bonds is 4. The predicted octanol–water partition coefficient (Wildman–Crippen LogP) is 3.15. The number of nitrogens with one attached hydrogen (secondary N) is 1. The van der Waals surface area contributed by atoms with Gasteiger partial charge in [-0.2, -0.15) is 0 Å². The van der Waals surface area contributed by atoms with Gasteiger partial charge in [0.2, 0.25) is 0 Å². The van der Waals surface area contributed by atoms with Crippen LogP contribution in [0.3, 0.4) is 0 Å². The number of thiophene rings is 1. The maximum absolute atomic E-state index is 13.6. The van der Waals surface area contributed by atoms with Crippen molar-refractivity contribution in [1.29, 1.82) is 0 Å². The van der Waals surface area contributed by atoms with Gasteiger partial charge in [-0.25, -0.2) is 17.6 Å². The van der Waals surface area contributed by atoms with E-state index in [2.05, 4.69) is 20.7 Å². The molecular formula is C11H7BrFNO4S2. The largest absolute Gasteiger partial charge is 0.477 e. The molecule has 0 atom stereocenters. The quantitative estimate of drug-likeness (QED) is 0.854. The lowest BCUT2D eigenvalue weighted by Gasteiger charge is -2.07. The van der Waals surface area contributed by atoms with E-state index in [1.807, 2.05) is 0 Å². The zero-order chi connectivity index (χ0) is 14.9. The van der Waals surface area contributed by atoms with E-state index in [-0.39, 0.29) is 14.8 Å². The molecule has 106 valence electrons. The first-order valence-corrected chi connectivity index (χ1v) is 8.20. The second-order valence-corrected chi connectivity index (χ2v) is 7.56. The summed E-state index contributed by atoms with van der Waals surface area (Å²) in [5.41, 5.74) is -0.210. The maximum atomic E-state index is 13.6. The fourth-order valence-electron chi connectivity index (χ4n) is 1.35. The first-order chi connectivity index (χ1) is 9.29. The molecule has 0 saturated carbocycles. The van der Waals surface area contributed by atoms with E-state index >= 15 is 0 Å². The van der Waals surface area contributed by atoms with Crippen LogP contribution in [0.2, 0.25) is 0 Å². The third-order valence-corrected chi connectivity index (χ3v) is 5.66. The van der Waals surface area contributed by atoms with Crippen molar-refractivity contribution in [2.24, 2.45) is 0 Å². The van der Waals surface area contributed by atoms with Crippen LogP contribution in [0.15, 0.2) is 39.0 Å². The Kier molecular flexibility index (Phi) is 4.11. The zero-order valence-corrected chi connectivity index (χ0v) is 12.9. The molecule has 0 aliphatic carbocycles. The summed E-state index contributed by atoms with van der Waals surface area (Å²) in [6.45, 7) is 0. The minimum absolute atomic E-state index is 0.110. The Balaban J connectivity index is 2.33. The molecule has 0 radical (unpaired) electrons. The van der Waals surface area contributed by atoms with Crippen molar-refractivity contribution >= 4 is 48.9 Å². The first-order valence-electron chi connectivity index (χ1n) is 5.10. The van der Waals surface area contributed by atoms with Crippen molar-refractivity contribution in [3.63, 3.8) is 0 Å². The van der Waals surface area contributed by atoms with Gasteiger partial charge >= 0.3 is 5.97 Å². The number of benzene rings is 1. The number of halogens is 2. The molecule has 20 heavy (non-hydrogen) atoms. The number of carbonyl (C=O) groups is 1. The molecule has 0 aliphatic heterocycles. The van der Waals surface area contributed by atoms with Crippen LogP contribution in [-0.4, -0.2) is 19.5 Å². The van der Waals surface area contributed by atoms with Crippen LogP contribution in [0.5, 0.6) is 0 Å². The number of carboxylic acids is 1.